The number of aromatic nitrogens is 4. The first-order valence-electron chi connectivity index (χ1n) is 8.44. The Morgan fingerprint density at radius 1 is 1.18 bits per heavy atom. The van der Waals surface area contributed by atoms with Crippen LogP contribution in [0, 0.1) is 0 Å². The molecule has 1 amide bonds. The summed E-state index contributed by atoms with van der Waals surface area (Å²) in [5.41, 5.74) is 0.532. The molecule has 142 valence electrons. The van der Waals surface area contributed by atoms with Gasteiger partial charge in [-0.15, -0.1) is 0 Å². The van der Waals surface area contributed by atoms with Gasteiger partial charge in [0.15, 0.2) is 12.5 Å². The monoisotopic (exact) mass is 397 g/mol. The molecule has 1 N–H and O–H groups in total. The van der Waals surface area contributed by atoms with E-state index in [1.807, 2.05) is 12.3 Å². The summed E-state index contributed by atoms with van der Waals surface area (Å²) in [5, 5.41) is 11.6. The number of hydrogen-bond donors (Lipinski definition) is 1. The van der Waals surface area contributed by atoms with Crippen LogP contribution in [-0.4, -0.2) is 25.5 Å². The van der Waals surface area contributed by atoms with E-state index in [-0.39, 0.29) is 18.4 Å². The van der Waals surface area contributed by atoms with Crippen molar-refractivity contribution in [2.45, 2.75) is 13.3 Å². The van der Waals surface area contributed by atoms with Crippen LogP contribution in [0.25, 0.3) is 0 Å². The average molecular weight is 398 g/mol. The van der Waals surface area contributed by atoms with Gasteiger partial charge in [-0.25, -0.2) is 4.68 Å². The van der Waals surface area contributed by atoms with E-state index in [2.05, 4.69) is 15.5 Å². The summed E-state index contributed by atoms with van der Waals surface area (Å²) >= 11 is 5.92. The van der Waals surface area contributed by atoms with Crippen molar-refractivity contribution in [1.82, 2.24) is 19.6 Å². The summed E-state index contributed by atoms with van der Waals surface area (Å²) in [6, 6.07) is 12.3. The number of hydrogen-bond acceptors (Lipinski definition) is 5. The van der Waals surface area contributed by atoms with Crippen molar-refractivity contribution >= 4 is 23.2 Å². The molecule has 0 saturated heterocycles. The SMILES string of the molecule is O=C(Nc1cnn(COc2cccc(Cl)c2)c1)c1ccc(Cn2cccn2)o1. The van der Waals surface area contributed by atoms with E-state index in [9.17, 15) is 4.79 Å². The Bertz CT molecular complexity index is 1070. The maximum Gasteiger partial charge on any atom is 0.291 e. The van der Waals surface area contributed by atoms with E-state index >= 15 is 0 Å². The molecule has 4 rings (SSSR count). The molecule has 0 radical (unpaired) electrons. The Morgan fingerprint density at radius 2 is 2.11 bits per heavy atom. The summed E-state index contributed by atoms with van der Waals surface area (Å²) in [6.45, 7) is 0.643. The maximum atomic E-state index is 12.3. The second kappa shape index (κ2) is 8.01. The lowest BCUT2D eigenvalue weighted by Crippen LogP contribution is -2.10. The third kappa shape index (κ3) is 4.41. The molecule has 0 aliphatic carbocycles. The Labute approximate surface area is 165 Å². The van der Waals surface area contributed by atoms with E-state index in [0.717, 1.165) is 0 Å². The number of halogens is 1. The van der Waals surface area contributed by atoms with Gasteiger partial charge in [0.1, 0.15) is 11.5 Å². The fourth-order valence-corrected chi connectivity index (χ4v) is 2.71. The number of nitrogens with zero attached hydrogens (tertiary/aromatic N) is 4. The topological polar surface area (TPSA) is 87.1 Å². The van der Waals surface area contributed by atoms with E-state index in [1.165, 1.54) is 6.20 Å². The molecule has 3 heterocycles. The molecule has 0 unspecified atom stereocenters. The van der Waals surface area contributed by atoms with Gasteiger partial charge in [0.2, 0.25) is 0 Å². The zero-order chi connectivity index (χ0) is 19.3. The summed E-state index contributed by atoms with van der Waals surface area (Å²) < 4.78 is 14.5. The first-order valence-corrected chi connectivity index (χ1v) is 8.82. The molecule has 9 heteroatoms. The van der Waals surface area contributed by atoms with Crippen molar-refractivity contribution in [3.05, 3.63) is 83.8 Å². The lowest BCUT2D eigenvalue weighted by Gasteiger charge is -2.06. The van der Waals surface area contributed by atoms with Crippen molar-refractivity contribution < 1.29 is 13.9 Å². The molecule has 4 aromatic rings. The predicted octanol–water partition coefficient (Wildman–Crippen LogP) is 3.66. The second-order valence-corrected chi connectivity index (χ2v) is 6.36. The van der Waals surface area contributed by atoms with Crippen LogP contribution in [-0.2, 0) is 13.3 Å². The third-order valence-corrected chi connectivity index (χ3v) is 4.05. The molecule has 0 aliphatic rings. The fraction of sp³-hybridized carbons (Fsp3) is 0.105. The molecule has 0 saturated carbocycles. The molecular weight excluding hydrogens is 382 g/mol. The number of nitrogens with one attached hydrogen (secondary N) is 1. The molecule has 1 aromatic carbocycles. The highest BCUT2D eigenvalue weighted by atomic mass is 35.5. The number of anilines is 1. The van der Waals surface area contributed by atoms with Crippen LogP contribution in [0.4, 0.5) is 5.69 Å². The van der Waals surface area contributed by atoms with E-state index in [1.54, 1.807) is 58.2 Å². The average Bonchev–Trinajstić information content (AvgIpc) is 3.43. The smallest absolute Gasteiger partial charge is 0.291 e. The number of rotatable bonds is 7. The summed E-state index contributed by atoms with van der Waals surface area (Å²) in [6.07, 6.45) is 6.70. The van der Waals surface area contributed by atoms with Crippen LogP contribution in [0.1, 0.15) is 16.3 Å². The van der Waals surface area contributed by atoms with E-state index in [4.69, 9.17) is 20.8 Å². The minimum atomic E-state index is -0.359. The van der Waals surface area contributed by atoms with Crippen molar-refractivity contribution in [2.24, 2.45) is 0 Å². The first-order chi connectivity index (χ1) is 13.7. The Balaban J connectivity index is 1.33. The van der Waals surface area contributed by atoms with Gasteiger partial charge in [0.05, 0.1) is 24.6 Å². The quantitative estimate of drug-likeness (QED) is 0.514. The molecule has 0 aliphatic heterocycles. The van der Waals surface area contributed by atoms with Gasteiger partial charge >= 0.3 is 0 Å². The zero-order valence-electron chi connectivity index (χ0n) is 14.7. The molecule has 0 bridgehead atoms. The number of furan rings is 1. The van der Waals surface area contributed by atoms with Crippen molar-refractivity contribution in [3.63, 3.8) is 0 Å². The zero-order valence-corrected chi connectivity index (χ0v) is 15.4. The number of ether oxygens (including phenoxy) is 1. The van der Waals surface area contributed by atoms with Gasteiger partial charge in [0, 0.05) is 17.4 Å². The minimum Gasteiger partial charge on any atom is -0.471 e. The summed E-state index contributed by atoms with van der Waals surface area (Å²) in [7, 11) is 0. The van der Waals surface area contributed by atoms with Crippen LogP contribution in [0.15, 0.2) is 71.7 Å². The molecule has 28 heavy (non-hydrogen) atoms. The lowest BCUT2D eigenvalue weighted by molar-refractivity contribution is 0.0994. The number of carbonyl (C=O) groups is 1. The number of amides is 1. The van der Waals surface area contributed by atoms with Crippen LogP contribution in [0.2, 0.25) is 5.02 Å². The molecule has 0 atom stereocenters. The Kier molecular flexibility index (Phi) is 5.11. The second-order valence-electron chi connectivity index (χ2n) is 5.92. The van der Waals surface area contributed by atoms with Crippen LogP contribution in [0.5, 0.6) is 5.75 Å². The van der Waals surface area contributed by atoms with Crippen molar-refractivity contribution in [2.75, 3.05) is 5.32 Å². The molecule has 0 spiro atoms. The van der Waals surface area contributed by atoms with Gasteiger partial charge in [-0.2, -0.15) is 10.2 Å². The Hall–Kier alpha value is -3.52. The van der Waals surface area contributed by atoms with Crippen LogP contribution >= 0.6 is 11.6 Å². The predicted molar refractivity (Wildman–Crippen MR) is 102 cm³/mol. The summed E-state index contributed by atoms with van der Waals surface area (Å²) in [4.78, 5) is 12.3. The minimum absolute atomic E-state index is 0.185. The van der Waals surface area contributed by atoms with Gasteiger partial charge < -0.3 is 14.5 Å². The number of benzene rings is 1. The standard InChI is InChI=1S/C19H16ClN5O3/c20-14-3-1-4-16(9-14)27-13-25-11-15(10-22-25)23-19(26)18-6-5-17(28-18)12-24-8-2-7-21-24/h1-11H,12-13H2,(H,23,26). The van der Waals surface area contributed by atoms with E-state index in [0.29, 0.717) is 28.8 Å². The number of carbonyl (C=O) groups excluding carboxylic acids is 1. The van der Waals surface area contributed by atoms with Gasteiger partial charge in [0.25, 0.3) is 5.91 Å². The first kappa shape index (κ1) is 17.9. The maximum absolute atomic E-state index is 12.3. The Morgan fingerprint density at radius 3 is 2.93 bits per heavy atom. The molecule has 3 aromatic heterocycles. The third-order valence-electron chi connectivity index (χ3n) is 3.81. The highest BCUT2D eigenvalue weighted by Crippen LogP contribution is 2.18. The van der Waals surface area contributed by atoms with Crippen molar-refractivity contribution in [3.8, 4) is 5.75 Å². The molecular formula is C19H16ClN5O3. The highest BCUT2D eigenvalue weighted by molar-refractivity contribution is 6.30. The van der Waals surface area contributed by atoms with Crippen molar-refractivity contribution in [1.29, 1.82) is 0 Å². The highest BCUT2D eigenvalue weighted by Gasteiger charge is 2.13. The van der Waals surface area contributed by atoms with Crippen LogP contribution < -0.4 is 10.1 Å². The van der Waals surface area contributed by atoms with Crippen LogP contribution in [0.3, 0.4) is 0 Å². The normalized spacial score (nSPS) is 10.8. The summed E-state index contributed by atoms with van der Waals surface area (Å²) in [5.74, 6) is 1.13. The molecule has 0 fully saturated rings. The van der Waals surface area contributed by atoms with E-state index < -0.39 is 0 Å². The van der Waals surface area contributed by atoms with Gasteiger partial charge in [-0.1, -0.05) is 17.7 Å². The van der Waals surface area contributed by atoms with Gasteiger partial charge in [-0.3, -0.25) is 9.48 Å². The lowest BCUT2D eigenvalue weighted by atomic mass is 10.3. The van der Waals surface area contributed by atoms with Gasteiger partial charge in [-0.05, 0) is 36.4 Å². The molecule has 8 nitrogen and oxygen atoms in total. The fourth-order valence-electron chi connectivity index (χ4n) is 2.53. The largest absolute Gasteiger partial charge is 0.471 e.